The highest BCUT2D eigenvalue weighted by Crippen LogP contribution is 2.42. The van der Waals surface area contributed by atoms with Crippen molar-refractivity contribution < 1.29 is 18.4 Å². The van der Waals surface area contributed by atoms with Crippen LogP contribution in [0.5, 0.6) is 0 Å². The van der Waals surface area contributed by atoms with E-state index >= 15 is 0 Å². The number of carbonyl (C=O) groups is 2. The average Bonchev–Trinajstić information content (AvgIpc) is 3.78. The molecule has 6 rings (SSSR count). The fraction of sp³-hybridized carbons (Fsp3) is 0.577. The van der Waals surface area contributed by atoms with E-state index < -0.39 is 6.43 Å². The lowest BCUT2D eigenvalue weighted by atomic mass is 9.88. The molecule has 3 aliphatic rings. The summed E-state index contributed by atoms with van der Waals surface area (Å²) < 4.78 is 29.5. The highest BCUT2D eigenvalue weighted by atomic mass is 32.1. The zero-order valence-corrected chi connectivity index (χ0v) is 21.6. The number of hydrogen-bond donors (Lipinski definition) is 1. The van der Waals surface area contributed by atoms with E-state index in [0.29, 0.717) is 36.9 Å². The monoisotopic (exact) mass is 528 g/mol. The van der Waals surface area contributed by atoms with Crippen molar-refractivity contribution in [1.82, 2.24) is 24.5 Å². The number of alkyl halides is 2. The summed E-state index contributed by atoms with van der Waals surface area (Å²) >= 11 is 1.65. The average molecular weight is 529 g/mol. The van der Waals surface area contributed by atoms with Gasteiger partial charge in [-0.15, -0.1) is 21.5 Å². The van der Waals surface area contributed by atoms with Crippen LogP contribution < -0.4 is 5.32 Å². The van der Waals surface area contributed by atoms with Crippen LogP contribution in [-0.2, 0) is 31.1 Å². The summed E-state index contributed by atoms with van der Waals surface area (Å²) in [5.41, 5.74) is 1.55. The van der Waals surface area contributed by atoms with Gasteiger partial charge < -0.3 is 5.32 Å². The molecule has 0 saturated heterocycles. The fourth-order valence-electron chi connectivity index (χ4n) is 5.31. The highest BCUT2D eigenvalue weighted by molar-refractivity contribution is 7.12. The topological polar surface area (TPSA) is 94.7 Å². The number of fused-ring (bicyclic) bond motifs is 1. The maximum absolute atomic E-state index is 13.5. The Hall–Kier alpha value is -2.95. The molecule has 0 aromatic carbocycles. The van der Waals surface area contributed by atoms with Gasteiger partial charge in [-0.05, 0) is 50.0 Å². The van der Waals surface area contributed by atoms with E-state index in [-0.39, 0.29) is 29.2 Å². The van der Waals surface area contributed by atoms with Gasteiger partial charge in [-0.1, -0.05) is 12.8 Å². The molecule has 3 aromatic rings. The van der Waals surface area contributed by atoms with Crippen LogP contribution in [0.2, 0.25) is 0 Å². The van der Waals surface area contributed by atoms with E-state index in [4.69, 9.17) is 0 Å². The molecule has 0 unspecified atom stereocenters. The summed E-state index contributed by atoms with van der Waals surface area (Å²) in [6.45, 7) is 0. The van der Waals surface area contributed by atoms with Crippen LogP contribution in [-0.4, -0.2) is 36.1 Å². The van der Waals surface area contributed by atoms with Gasteiger partial charge in [-0.2, -0.15) is 5.10 Å². The van der Waals surface area contributed by atoms with Gasteiger partial charge in [0.25, 0.3) is 6.43 Å². The first-order chi connectivity index (χ1) is 17.9. The van der Waals surface area contributed by atoms with Crippen LogP contribution >= 0.6 is 11.3 Å². The maximum atomic E-state index is 13.5. The normalized spacial score (nSPS) is 19.3. The number of nitrogens with one attached hydrogen (secondary N) is 1. The summed E-state index contributed by atoms with van der Waals surface area (Å²) in [5.74, 6) is 2.11. The zero-order chi connectivity index (χ0) is 25.7. The highest BCUT2D eigenvalue weighted by Gasteiger charge is 2.35. The van der Waals surface area contributed by atoms with Crippen LogP contribution in [0.3, 0.4) is 0 Å². The number of ketones is 2. The smallest absolute Gasteiger partial charge is 0.282 e. The Morgan fingerprint density at radius 2 is 2.03 bits per heavy atom. The molecule has 11 heteroatoms. The zero-order valence-electron chi connectivity index (χ0n) is 20.8. The molecule has 0 aliphatic heterocycles. The Morgan fingerprint density at radius 3 is 2.73 bits per heavy atom. The SMILES string of the molecule is Cn1nc(C(F)F)cc1Nc1nncn1[C@H]1CCc2sc(CC(=O)C3CC3)c(C(=O)CCC3CC3)c2C1. The second-order valence-electron chi connectivity index (χ2n) is 10.6. The first-order valence-electron chi connectivity index (χ1n) is 13.0. The first kappa shape index (κ1) is 24.4. The van der Waals surface area contributed by atoms with Gasteiger partial charge in [0, 0.05) is 53.2 Å². The molecule has 2 saturated carbocycles. The van der Waals surface area contributed by atoms with E-state index in [1.165, 1.54) is 28.5 Å². The Balaban J connectivity index is 1.26. The van der Waals surface area contributed by atoms with Gasteiger partial charge in [0.1, 0.15) is 23.6 Å². The third kappa shape index (κ3) is 5.10. The van der Waals surface area contributed by atoms with Crippen molar-refractivity contribution in [2.45, 2.75) is 76.7 Å². The van der Waals surface area contributed by atoms with Gasteiger partial charge in [-0.3, -0.25) is 18.8 Å². The van der Waals surface area contributed by atoms with Crippen LogP contribution in [0.15, 0.2) is 12.4 Å². The minimum atomic E-state index is -2.66. The number of nitrogens with zero attached hydrogens (tertiary/aromatic N) is 5. The van der Waals surface area contributed by atoms with E-state index in [1.54, 1.807) is 24.7 Å². The molecule has 0 spiro atoms. The van der Waals surface area contributed by atoms with Crippen LogP contribution in [0, 0.1) is 11.8 Å². The summed E-state index contributed by atoms with van der Waals surface area (Å²) in [4.78, 5) is 28.3. The summed E-state index contributed by atoms with van der Waals surface area (Å²) in [6.07, 6.45) is 7.45. The molecule has 3 aliphatic carbocycles. The minimum absolute atomic E-state index is 0.00404. The molecule has 1 N–H and O–H groups in total. The van der Waals surface area contributed by atoms with Gasteiger partial charge in [0.2, 0.25) is 5.95 Å². The van der Waals surface area contributed by atoms with Gasteiger partial charge in [0.05, 0.1) is 0 Å². The van der Waals surface area contributed by atoms with E-state index in [0.717, 1.165) is 48.1 Å². The molecule has 196 valence electrons. The molecular formula is C26H30F2N6O2S. The van der Waals surface area contributed by atoms with Crippen molar-refractivity contribution in [3.63, 3.8) is 0 Å². The third-order valence-corrected chi connectivity index (χ3v) is 9.05. The third-order valence-electron chi connectivity index (χ3n) is 7.76. The molecule has 37 heavy (non-hydrogen) atoms. The number of thiophene rings is 1. The predicted octanol–water partition coefficient (Wildman–Crippen LogP) is 5.38. The molecule has 3 heterocycles. The quantitative estimate of drug-likeness (QED) is 0.336. The number of carbonyl (C=O) groups excluding carboxylic acids is 2. The molecule has 0 amide bonds. The van der Waals surface area contributed by atoms with E-state index in [1.807, 2.05) is 4.57 Å². The van der Waals surface area contributed by atoms with Gasteiger partial charge >= 0.3 is 0 Å². The molecule has 0 radical (unpaired) electrons. The van der Waals surface area contributed by atoms with Crippen molar-refractivity contribution in [3.8, 4) is 0 Å². The predicted molar refractivity (Wildman–Crippen MR) is 135 cm³/mol. The lowest BCUT2D eigenvalue weighted by molar-refractivity contribution is -0.119. The van der Waals surface area contributed by atoms with Crippen LogP contribution in [0.25, 0.3) is 0 Å². The molecule has 8 nitrogen and oxygen atoms in total. The van der Waals surface area contributed by atoms with E-state index in [2.05, 4.69) is 20.6 Å². The van der Waals surface area contributed by atoms with Crippen LogP contribution in [0.4, 0.5) is 20.5 Å². The summed E-state index contributed by atoms with van der Waals surface area (Å²) in [7, 11) is 1.59. The van der Waals surface area contributed by atoms with Gasteiger partial charge in [0.15, 0.2) is 5.78 Å². The minimum Gasteiger partial charge on any atom is -0.309 e. The first-order valence-corrected chi connectivity index (χ1v) is 13.9. The number of anilines is 2. The van der Waals surface area contributed by atoms with Crippen molar-refractivity contribution >= 4 is 34.7 Å². The van der Waals surface area contributed by atoms with Crippen molar-refractivity contribution in [1.29, 1.82) is 0 Å². The number of aryl methyl sites for hydroxylation is 2. The fourth-order valence-corrected chi connectivity index (χ4v) is 6.69. The standard InChI is InChI=1S/C26H30F2N6O2S/c1-33-23(11-18(32-33)25(27)28)30-26-31-29-13-34(26)16-7-9-21-17(10-16)24(19(35)8-4-14-2-3-14)22(37-21)12-20(36)15-5-6-15/h11,13-16,25H,2-10,12H2,1H3,(H,30,31)/t16-/m0/s1. The molecule has 0 bridgehead atoms. The number of rotatable bonds is 11. The number of hydrogen-bond acceptors (Lipinski definition) is 7. The second-order valence-corrected chi connectivity index (χ2v) is 11.8. The Labute approximate surface area is 217 Å². The lowest BCUT2D eigenvalue weighted by Gasteiger charge is -2.25. The number of Topliss-reactive ketones (excluding diaryl/α,β-unsaturated/α-hetero) is 2. The lowest BCUT2D eigenvalue weighted by Crippen LogP contribution is -2.20. The largest absolute Gasteiger partial charge is 0.309 e. The van der Waals surface area contributed by atoms with Gasteiger partial charge in [-0.25, -0.2) is 8.78 Å². The van der Waals surface area contributed by atoms with Crippen LogP contribution in [0.1, 0.15) is 88.8 Å². The van der Waals surface area contributed by atoms with E-state index in [9.17, 15) is 18.4 Å². The molecule has 3 aromatic heterocycles. The van der Waals surface area contributed by atoms with Crippen molar-refractivity contribution in [2.24, 2.45) is 18.9 Å². The number of aromatic nitrogens is 5. The van der Waals surface area contributed by atoms with Crippen molar-refractivity contribution in [2.75, 3.05) is 5.32 Å². The molecule has 1 atom stereocenters. The second kappa shape index (κ2) is 9.74. The summed E-state index contributed by atoms with van der Waals surface area (Å²) in [6, 6.07) is 1.31. The number of halogens is 2. The molecule has 2 fully saturated rings. The maximum Gasteiger partial charge on any atom is 0.282 e. The Bertz CT molecular complexity index is 1340. The summed E-state index contributed by atoms with van der Waals surface area (Å²) in [5, 5.41) is 15.2. The Kier molecular flexibility index (Phi) is 6.42. The Morgan fingerprint density at radius 1 is 1.22 bits per heavy atom. The molecular weight excluding hydrogens is 498 g/mol. The van der Waals surface area contributed by atoms with Crippen molar-refractivity contribution in [3.05, 3.63) is 39.0 Å².